The fourth-order valence-electron chi connectivity index (χ4n) is 3.32. The van der Waals surface area contributed by atoms with Crippen LogP contribution in [0.25, 0.3) is 16.3 Å². The van der Waals surface area contributed by atoms with Gasteiger partial charge in [0.25, 0.3) is 0 Å². The van der Waals surface area contributed by atoms with E-state index in [-0.39, 0.29) is 5.91 Å². The van der Waals surface area contributed by atoms with Gasteiger partial charge in [-0.1, -0.05) is 54.1 Å². The molecule has 2 aromatic heterocycles. The summed E-state index contributed by atoms with van der Waals surface area (Å²) >= 11 is 1.58. The van der Waals surface area contributed by atoms with Crippen LogP contribution in [0.5, 0.6) is 0 Å². The van der Waals surface area contributed by atoms with E-state index in [1.807, 2.05) is 34.8 Å². The predicted octanol–water partition coefficient (Wildman–Crippen LogP) is 4.45. The van der Waals surface area contributed by atoms with Gasteiger partial charge < -0.3 is 5.32 Å². The maximum Gasteiger partial charge on any atom is 0.220 e. The second-order valence-electron chi connectivity index (χ2n) is 7.17. The molecular formula is C23H24N4OS. The zero-order chi connectivity index (χ0) is 20.1. The fourth-order valence-corrected chi connectivity index (χ4v) is 4.18. The monoisotopic (exact) mass is 404 g/mol. The van der Waals surface area contributed by atoms with Gasteiger partial charge in [0, 0.05) is 30.3 Å². The van der Waals surface area contributed by atoms with Crippen LogP contribution >= 0.6 is 11.3 Å². The summed E-state index contributed by atoms with van der Waals surface area (Å²) in [5.74, 6) is 0.846. The van der Waals surface area contributed by atoms with Crippen molar-refractivity contribution in [3.8, 4) is 11.4 Å². The van der Waals surface area contributed by atoms with E-state index in [0.29, 0.717) is 13.0 Å². The molecule has 0 saturated carbocycles. The molecule has 0 aliphatic heterocycles. The molecule has 0 atom stereocenters. The lowest BCUT2D eigenvalue weighted by Crippen LogP contribution is -2.25. The Bertz CT molecular complexity index is 1100. The molecule has 2 aromatic carbocycles. The van der Waals surface area contributed by atoms with Crippen LogP contribution in [0.3, 0.4) is 0 Å². The Morgan fingerprint density at radius 3 is 2.79 bits per heavy atom. The summed E-state index contributed by atoms with van der Waals surface area (Å²) in [7, 11) is 0. The normalized spacial score (nSPS) is 11.1. The van der Waals surface area contributed by atoms with E-state index in [2.05, 4.69) is 52.0 Å². The molecule has 6 heteroatoms. The van der Waals surface area contributed by atoms with Crippen molar-refractivity contribution in [2.45, 2.75) is 32.6 Å². The van der Waals surface area contributed by atoms with Crippen LogP contribution in [0.2, 0.25) is 0 Å². The number of amides is 1. The zero-order valence-electron chi connectivity index (χ0n) is 16.5. The summed E-state index contributed by atoms with van der Waals surface area (Å²) in [6.45, 7) is 2.67. The van der Waals surface area contributed by atoms with Gasteiger partial charge in [-0.25, -0.2) is 4.52 Å². The second-order valence-corrected chi connectivity index (χ2v) is 8.00. The maximum atomic E-state index is 12.1. The lowest BCUT2D eigenvalue weighted by molar-refractivity contribution is -0.121. The average molecular weight is 405 g/mol. The Balaban J connectivity index is 1.29. The number of rotatable bonds is 8. The van der Waals surface area contributed by atoms with Gasteiger partial charge in [0.05, 0.1) is 5.69 Å². The number of aryl methyl sites for hydroxylation is 2. The maximum absolute atomic E-state index is 12.1. The van der Waals surface area contributed by atoms with E-state index in [9.17, 15) is 4.79 Å². The van der Waals surface area contributed by atoms with Gasteiger partial charge >= 0.3 is 0 Å². The van der Waals surface area contributed by atoms with Crippen molar-refractivity contribution < 1.29 is 4.79 Å². The van der Waals surface area contributed by atoms with Crippen LogP contribution in [0.4, 0.5) is 0 Å². The van der Waals surface area contributed by atoms with Crippen molar-refractivity contribution in [2.24, 2.45) is 0 Å². The minimum atomic E-state index is 0.103. The summed E-state index contributed by atoms with van der Waals surface area (Å²) in [6, 6.07) is 18.5. The standard InChI is InChI=1S/C23H24N4OS/c1-17-7-5-11-19(15-17)22-25-23-27(26-22)20(16-29-23)13-14-24-21(28)12-6-10-18-8-3-2-4-9-18/h2-5,7-9,11,15-16H,6,10,12-14H2,1H3,(H,24,28). The first kappa shape index (κ1) is 19.3. The third kappa shape index (κ3) is 4.90. The highest BCUT2D eigenvalue weighted by molar-refractivity contribution is 7.15. The summed E-state index contributed by atoms with van der Waals surface area (Å²) in [5.41, 5.74) is 4.56. The van der Waals surface area contributed by atoms with Crippen LogP contribution in [0.1, 0.15) is 29.7 Å². The molecule has 0 aliphatic carbocycles. The molecular weight excluding hydrogens is 380 g/mol. The average Bonchev–Trinajstić information content (AvgIpc) is 3.31. The topological polar surface area (TPSA) is 59.3 Å². The lowest BCUT2D eigenvalue weighted by atomic mass is 10.1. The first-order chi connectivity index (χ1) is 14.2. The number of nitrogens with one attached hydrogen (secondary N) is 1. The van der Waals surface area contributed by atoms with Crippen molar-refractivity contribution in [1.29, 1.82) is 0 Å². The molecule has 0 aliphatic rings. The van der Waals surface area contributed by atoms with E-state index in [1.54, 1.807) is 11.3 Å². The number of thiazole rings is 1. The van der Waals surface area contributed by atoms with E-state index in [4.69, 9.17) is 0 Å². The molecule has 0 spiro atoms. The van der Waals surface area contributed by atoms with Crippen LogP contribution in [-0.4, -0.2) is 27.0 Å². The van der Waals surface area contributed by atoms with E-state index >= 15 is 0 Å². The SMILES string of the molecule is Cc1cccc(-c2nc3scc(CCNC(=O)CCCc4ccccc4)n3n2)c1. The van der Waals surface area contributed by atoms with Crippen LogP contribution < -0.4 is 5.32 Å². The van der Waals surface area contributed by atoms with Crippen molar-refractivity contribution >= 4 is 22.2 Å². The van der Waals surface area contributed by atoms with Crippen molar-refractivity contribution in [3.63, 3.8) is 0 Å². The predicted molar refractivity (Wildman–Crippen MR) is 117 cm³/mol. The highest BCUT2D eigenvalue weighted by Gasteiger charge is 2.12. The first-order valence-corrected chi connectivity index (χ1v) is 10.8. The summed E-state index contributed by atoms with van der Waals surface area (Å²) in [4.78, 5) is 17.6. The Morgan fingerprint density at radius 2 is 1.97 bits per heavy atom. The molecule has 29 heavy (non-hydrogen) atoms. The van der Waals surface area contributed by atoms with E-state index in [0.717, 1.165) is 41.3 Å². The Labute approximate surface area is 174 Å². The highest BCUT2D eigenvalue weighted by atomic mass is 32.1. The van der Waals surface area contributed by atoms with E-state index < -0.39 is 0 Å². The van der Waals surface area contributed by atoms with Crippen LogP contribution in [-0.2, 0) is 17.6 Å². The lowest BCUT2D eigenvalue weighted by Gasteiger charge is -2.05. The first-order valence-electron chi connectivity index (χ1n) is 9.90. The van der Waals surface area contributed by atoms with Gasteiger partial charge in [0.1, 0.15) is 0 Å². The van der Waals surface area contributed by atoms with Crippen LogP contribution in [0, 0.1) is 6.92 Å². The Morgan fingerprint density at radius 1 is 1.10 bits per heavy atom. The fraction of sp³-hybridized carbons (Fsp3) is 0.261. The van der Waals surface area contributed by atoms with Gasteiger partial charge in [-0.2, -0.15) is 4.98 Å². The Kier molecular flexibility index (Phi) is 6.00. The molecule has 4 rings (SSSR count). The minimum absolute atomic E-state index is 0.103. The second kappa shape index (κ2) is 9.01. The molecule has 1 N–H and O–H groups in total. The van der Waals surface area contributed by atoms with E-state index in [1.165, 1.54) is 11.1 Å². The number of nitrogens with zero attached hydrogens (tertiary/aromatic N) is 3. The number of carbonyl (C=O) groups excluding carboxylic acids is 1. The highest BCUT2D eigenvalue weighted by Crippen LogP contribution is 2.21. The summed E-state index contributed by atoms with van der Waals surface area (Å²) < 4.78 is 1.89. The van der Waals surface area contributed by atoms with Crippen molar-refractivity contribution in [3.05, 3.63) is 76.8 Å². The summed E-state index contributed by atoms with van der Waals surface area (Å²) in [5, 5.41) is 9.76. The number of hydrogen-bond acceptors (Lipinski definition) is 4. The minimum Gasteiger partial charge on any atom is -0.356 e. The van der Waals surface area contributed by atoms with Gasteiger partial charge in [-0.3, -0.25) is 4.79 Å². The molecule has 0 radical (unpaired) electrons. The smallest absolute Gasteiger partial charge is 0.220 e. The van der Waals surface area contributed by atoms with Gasteiger partial charge in [-0.15, -0.1) is 16.4 Å². The van der Waals surface area contributed by atoms with Gasteiger partial charge in [-0.05, 0) is 31.4 Å². The quantitative estimate of drug-likeness (QED) is 0.472. The third-order valence-corrected chi connectivity index (χ3v) is 5.71. The number of hydrogen-bond donors (Lipinski definition) is 1. The molecule has 0 saturated heterocycles. The molecule has 5 nitrogen and oxygen atoms in total. The number of fused-ring (bicyclic) bond motifs is 1. The number of carbonyl (C=O) groups is 1. The molecule has 0 fully saturated rings. The molecule has 148 valence electrons. The number of aromatic nitrogens is 3. The molecule has 2 heterocycles. The number of benzene rings is 2. The third-order valence-electron chi connectivity index (χ3n) is 4.84. The Hall–Kier alpha value is -2.99. The summed E-state index contributed by atoms with van der Waals surface area (Å²) in [6.07, 6.45) is 3.08. The zero-order valence-corrected chi connectivity index (χ0v) is 17.3. The molecule has 1 amide bonds. The van der Waals surface area contributed by atoms with Crippen molar-refractivity contribution in [2.75, 3.05) is 6.54 Å². The van der Waals surface area contributed by atoms with Crippen LogP contribution in [0.15, 0.2) is 60.0 Å². The molecule has 0 unspecified atom stereocenters. The van der Waals surface area contributed by atoms with Gasteiger partial charge in [0.15, 0.2) is 5.82 Å². The van der Waals surface area contributed by atoms with Gasteiger partial charge in [0.2, 0.25) is 10.9 Å². The molecule has 0 bridgehead atoms. The molecule has 4 aromatic rings. The van der Waals surface area contributed by atoms with Crippen molar-refractivity contribution in [1.82, 2.24) is 19.9 Å². The largest absolute Gasteiger partial charge is 0.356 e.